The van der Waals surface area contributed by atoms with Crippen molar-refractivity contribution in [3.05, 3.63) is 57.1 Å². The van der Waals surface area contributed by atoms with Crippen LogP contribution < -0.4 is 0 Å². The molecule has 5 nitrogen and oxygen atoms in total. The summed E-state index contributed by atoms with van der Waals surface area (Å²) in [6, 6.07) is 7.77. The molecular weight excluding hydrogens is 418 g/mol. The zero-order chi connectivity index (χ0) is 18.3. The van der Waals surface area contributed by atoms with Crippen LogP contribution in [0.25, 0.3) is 11.1 Å². The van der Waals surface area contributed by atoms with Gasteiger partial charge in [0.05, 0.1) is 20.8 Å². The van der Waals surface area contributed by atoms with Crippen molar-refractivity contribution < 1.29 is 9.21 Å². The number of benzene rings is 1. The molecule has 1 saturated heterocycles. The fraction of sp³-hybridized carbons (Fsp3) is 0.316. The summed E-state index contributed by atoms with van der Waals surface area (Å²) in [7, 11) is 0. The monoisotopic (exact) mass is 433 g/mol. The van der Waals surface area contributed by atoms with Gasteiger partial charge >= 0.3 is 0 Å². The van der Waals surface area contributed by atoms with E-state index in [1.165, 1.54) is 0 Å². The van der Waals surface area contributed by atoms with Gasteiger partial charge in [0, 0.05) is 25.2 Å². The van der Waals surface area contributed by atoms with Crippen molar-refractivity contribution in [3.63, 3.8) is 0 Å². The number of pyridine rings is 1. The zero-order valence-electron chi connectivity index (χ0n) is 14.2. The molecule has 0 atom stereocenters. The molecule has 1 aliphatic rings. The van der Waals surface area contributed by atoms with E-state index in [0.29, 0.717) is 33.8 Å². The van der Waals surface area contributed by atoms with Crippen LogP contribution in [0.1, 0.15) is 40.7 Å². The van der Waals surface area contributed by atoms with E-state index in [0.717, 1.165) is 29.8 Å². The van der Waals surface area contributed by atoms with E-state index in [-0.39, 0.29) is 11.8 Å². The standard InChI is InChI=1S/C19H17BrClN3O2/c1-11-17(21)16(20)13(10-22-11)19(25)24-8-6-12(7-9-24)18-23-14-4-2-3-5-15(14)26-18/h2-5,10,12H,6-9H2,1H3. The van der Waals surface area contributed by atoms with E-state index in [1.54, 1.807) is 6.20 Å². The van der Waals surface area contributed by atoms with Crippen LogP contribution in [0.4, 0.5) is 0 Å². The average molecular weight is 435 g/mol. The van der Waals surface area contributed by atoms with E-state index in [2.05, 4.69) is 25.9 Å². The number of carbonyl (C=O) groups excluding carboxylic acids is 1. The smallest absolute Gasteiger partial charge is 0.256 e. The van der Waals surface area contributed by atoms with Gasteiger partial charge in [-0.15, -0.1) is 0 Å². The van der Waals surface area contributed by atoms with E-state index >= 15 is 0 Å². The van der Waals surface area contributed by atoms with Crippen molar-refractivity contribution in [1.82, 2.24) is 14.9 Å². The van der Waals surface area contributed by atoms with Crippen molar-refractivity contribution in [3.8, 4) is 0 Å². The van der Waals surface area contributed by atoms with Gasteiger partial charge < -0.3 is 9.32 Å². The van der Waals surface area contributed by atoms with Crippen molar-refractivity contribution in [2.24, 2.45) is 0 Å². The molecule has 1 fully saturated rings. The Labute approximate surface area is 164 Å². The van der Waals surface area contributed by atoms with Crippen LogP contribution in [0.15, 0.2) is 39.4 Å². The molecule has 0 N–H and O–H groups in total. The number of carbonyl (C=O) groups is 1. The summed E-state index contributed by atoms with van der Waals surface area (Å²) in [5, 5.41) is 0.484. The number of fused-ring (bicyclic) bond motifs is 1. The summed E-state index contributed by atoms with van der Waals surface area (Å²) in [6.45, 7) is 3.12. The third kappa shape index (κ3) is 3.12. The fourth-order valence-corrected chi connectivity index (χ4v) is 3.97. The summed E-state index contributed by atoms with van der Waals surface area (Å²) in [6.07, 6.45) is 3.23. The number of rotatable bonds is 2. The number of likely N-dealkylation sites (tertiary alicyclic amines) is 1. The number of piperidine rings is 1. The molecule has 0 bridgehead atoms. The van der Waals surface area contributed by atoms with Gasteiger partial charge in [-0.2, -0.15) is 0 Å². The van der Waals surface area contributed by atoms with Gasteiger partial charge in [0.25, 0.3) is 5.91 Å². The van der Waals surface area contributed by atoms with Crippen LogP contribution in [-0.4, -0.2) is 33.9 Å². The molecule has 134 valence electrons. The fourth-order valence-electron chi connectivity index (χ4n) is 3.27. The van der Waals surface area contributed by atoms with Gasteiger partial charge in [-0.05, 0) is 47.8 Å². The lowest BCUT2D eigenvalue weighted by molar-refractivity contribution is 0.0705. The Morgan fingerprint density at radius 1 is 1.31 bits per heavy atom. The lowest BCUT2D eigenvalue weighted by Gasteiger charge is -2.31. The minimum Gasteiger partial charge on any atom is -0.440 e. The maximum absolute atomic E-state index is 12.8. The highest BCUT2D eigenvalue weighted by molar-refractivity contribution is 9.10. The van der Waals surface area contributed by atoms with Crippen LogP contribution >= 0.6 is 27.5 Å². The summed E-state index contributed by atoms with van der Waals surface area (Å²) in [5.41, 5.74) is 2.89. The number of oxazole rings is 1. The van der Waals surface area contributed by atoms with Crippen molar-refractivity contribution in [1.29, 1.82) is 0 Å². The highest BCUT2D eigenvalue weighted by Gasteiger charge is 2.29. The highest BCUT2D eigenvalue weighted by atomic mass is 79.9. The summed E-state index contributed by atoms with van der Waals surface area (Å²) < 4.78 is 6.50. The topological polar surface area (TPSA) is 59.2 Å². The molecule has 1 aliphatic heterocycles. The number of hydrogen-bond acceptors (Lipinski definition) is 4. The first-order valence-corrected chi connectivity index (χ1v) is 9.67. The molecule has 0 spiro atoms. The molecule has 26 heavy (non-hydrogen) atoms. The van der Waals surface area contributed by atoms with Crippen molar-refractivity contribution >= 4 is 44.5 Å². The van der Waals surface area contributed by atoms with E-state index in [1.807, 2.05) is 36.1 Å². The molecule has 0 saturated carbocycles. The van der Waals surface area contributed by atoms with E-state index in [9.17, 15) is 4.79 Å². The number of halogens is 2. The molecule has 0 radical (unpaired) electrons. The number of para-hydroxylation sites is 2. The first-order valence-electron chi connectivity index (χ1n) is 8.50. The second-order valence-electron chi connectivity index (χ2n) is 6.47. The summed E-state index contributed by atoms with van der Waals surface area (Å²) in [4.78, 5) is 23.5. The number of hydrogen-bond donors (Lipinski definition) is 0. The SMILES string of the molecule is Cc1ncc(C(=O)N2CCC(c3nc4ccccc4o3)CC2)c(Br)c1Cl. The Bertz CT molecular complexity index is 947. The van der Waals surface area contributed by atoms with Crippen LogP contribution in [0.5, 0.6) is 0 Å². The predicted octanol–water partition coefficient (Wildman–Crippen LogP) is 4.97. The van der Waals surface area contributed by atoms with Gasteiger partial charge in [-0.3, -0.25) is 9.78 Å². The minimum absolute atomic E-state index is 0.0534. The minimum atomic E-state index is -0.0534. The van der Waals surface area contributed by atoms with Crippen LogP contribution in [-0.2, 0) is 0 Å². The molecule has 3 aromatic rings. The summed E-state index contributed by atoms with van der Waals surface area (Å²) in [5.74, 6) is 0.941. The molecule has 1 aromatic carbocycles. The molecule has 7 heteroatoms. The first-order chi connectivity index (χ1) is 12.5. The number of aryl methyl sites for hydroxylation is 1. The molecule has 2 aromatic heterocycles. The average Bonchev–Trinajstić information content (AvgIpc) is 3.10. The molecule has 0 unspecified atom stereocenters. The second-order valence-corrected chi connectivity index (χ2v) is 7.64. The lowest BCUT2D eigenvalue weighted by Crippen LogP contribution is -2.38. The largest absolute Gasteiger partial charge is 0.440 e. The van der Waals surface area contributed by atoms with Gasteiger partial charge in [0.1, 0.15) is 5.52 Å². The predicted molar refractivity (Wildman–Crippen MR) is 104 cm³/mol. The van der Waals surface area contributed by atoms with Crippen molar-refractivity contribution in [2.75, 3.05) is 13.1 Å². The maximum Gasteiger partial charge on any atom is 0.256 e. The van der Waals surface area contributed by atoms with Crippen LogP contribution in [0, 0.1) is 6.92 Å². The van der Waals surface area contributed by atoms with E-state index < -0.39 is 0 Å². The molecule has 0 aliphatic carbocycles. The maximum atomic E-state index is 12.8. The number of amides is 1. The summed E-state index contributed by atoms with van der Waals surface area (Å²) >= 11 is 9.63. The molecule has 4 rings (SSSR count). The first kappa shape index (κ1) is 17.5. The Morgan fingerprint density at radius 3 is 2.77 bits per heavy atom. The zero-order valence-corrected chi connectivity index (χ0v) is 16.5. The normalized spacial score (nSPS) is 15.6. The van der Waals surface area contributed by atoms with Gasteiger partial charge in [-0.1, -0.05) is 23.7 Å². The Hall–Kier alpha value is -1.92. The van der Waals surface area contributed by atoms with Gasteiger partial charge in [-0.25, -0.2) is 4.98 Å². The lowest BCUT2D eigenvalue weighted by atomic mass is 9.96. The molecule has 1 amide bonds. The molecular formula is C19H17BrClN3O2. The Morgan fingerprint density at radius 2 is 2.04 bits per heavy atom. The second kappa shape index (κ2) is 7.00. The number of aromatic nitrogens is 2. The van der Waals surface area contributed by atoms with E-state index in [4.69, 9.17) is 16.0 Å². The highest BCUT2D eigenvalue weighted by Crippen LogP contribution is 2.32. The Kier molecular flexibility index (Phi) is 4.71. The number of nitrogens with zero attached hydrogens (tertiary/aromatic N) is 3. The third-order valence-corrected chi connectivity index (χ3v) is 6.32. The van der Waals surface area contributed by atoms with Crippen LogP contribution in [0.3, 0.4) is 0 Å². The quantitative estimate of drug-likeness (QED) is 0.571. The van der Waals surface area contributed by atoms with Gasteiger partial charge in [0.15, 0.2) is 11.5 Å². The van der Waals surface area contributed by atoms with Gasteiger partial charge in [0.2, 0.25) is 0 Å². The van der Waals surface area contributed by atoms with Crippen molar-refractivity contribution in [2.45, 2.75) is 25.7 Å². The Balaban J connectivity index is 1.48. The molecule has 3 heterocycles. The third-order valence-electron chi connectivity index (χ3n) is 4.81. The van der Waals surface area contributed by atoms with Crippen LogP contribution in [0.2, 0.25) is 5.02 Å².